The van der Waals surface area contributed by atoms with Crippen molar-refractivity contribution in [3.05, 3.63) is 53.9 Å². The van der Waals surface area contributed by atoms with Crippen molar-refractivity contribution >= 4 is 5.91 Å². The Morgan fingerprint density at radius 3 is 2.78 bits per heavy atom. The van der Waals surface area contributed by atoms with E-state index in [2.05, 4.69) is 10.3 Å². The number of carbonyl (C=O) groups excluding carboxylic acids is 1. The number of carbonyl (C=O) groups is 1. The van der Waals surface area contributed by atoms with Crippen LogP contribution in [-0.4, -0.2) is 18.0 Å². The normalized spacial score (nSPS) is 14.1. The third-order valence-corrected chi connectivity index (χ3v) is 5.09. The van der Waals surface area contributed by atoms with Gasteiger partial charge in [-0.05, 0) is 36.1 Å². The van der Waals surface area contributed by atoms with Gasteiger partial charge in [0.1, 0.15) is 6.61 Å². The summed E-state index contributed by atoms with van der Waals surface area (Å²) in [6.45, 7) is 0.935. The summed E-state index contributed by atoms with van der Waals surface area (Å²) in [6.07, 6.45) is 10.4. The number of nitrogens with one attached hydrogen (secondary N) is 1. The first-order valence-corrected chi connectivity index (χ1v) is 9.70. The molecule has 1 saturated carbocycles. The Morgan fingerprint density at radius 2 is 2.04 bits per heavy atom. The summed E-state index contributed by atoms with van der Waals surface area (Å²) in [5, 5.41) is 3.01. The molecule has 0 radical (unpaired) electrons. The quantitative estimate of drug-likeness (QED) is 0.719. The molecule has 5 heteroatoms. The van der Waals surface area contributed by atoms with E-state index in [4.69, 9.17) is 9.47 Å². The summed E-state index contributed by atoms with van der Waals surface area (Å²) < 4.78 is 11.3. The average Bonchev–Trinajstić information content (AvgIpc) is 3.24. The molecule has 1 aliphatic rings. The van der Waals surface area contributed by atoms with E-state index in [0.717, 1.165) is 23.5 Å². The van der Waals surface area contributed by atoms with Gasteiger partial charge in [0, 0.05) is 30.9 Å². The largest absolute Gasteiger partial charge is 0.493 e. The fourth-order valence-electron chi connectivity index (χ4n) is 3.51. The topological polar surface area (TPSA) is 60.5 Å². The first-order chi connectivity index (χ1) is 13.2. The van der Waals surface area contributed by atoms with Crippen molar-refractivity contribution in [1.29, 1.82) is 0 Å². The molecule has 1 amide bonds. The molecular weight excluding hydrogens is 340 g/mol. The van der Waals surface area contributed by atoms with E-state index < -0.39 is 0 Å². The smallest absolute Gasteiger partial charge is 0.220 e. The van der Waals surface area contributed by atoms with Gasteiger partial charge in [0.15, 0.2) is 11.5 Å². The molecule has 1 aromatic carbocycles. The lowest BCUT2D eigenvalue weighted by molar-refractivity contribution is -0.121. The molecule has 1 aromatic heterocycles. The molecule has 0 saturated heterocycles. The van der Waals surface area contributed by atoms with Gasteiger partial charge >= 0.3 is 0 Å². The van der Waals surface area contributed by atoms with Crippen LogP contribution in [0.2, 0.25) is 0 Å². The van der Waals surface area contributed by atoms with Crippen LogP contribution >= 0.6 is 0 Å². The van der Waals surface area contributed by atoms with Crippen molar-refractivity contribution in [1.82, 2.24) is 10.3 Å². The molecule has 1 fully saturated rings. The van der Waals surface area contributed by atoms with Crippen LogP contribution < -0.4 is 14.8 Å². The van der Waals surface area contributed by atoms with E-state index in [9.17, 15) is 4.79 Å². The van der Waals surface area contributed by atoms with Crippen molar-refractivity contribution in [2.75, 3.05) is 7.11 Å². The number of hydrogen-bond acceptors (Lipinski definition) is 4. The highest BCUT2D eigenvalue weighted by Gasteiger charge is 2.16. The molecule has 2 aromatic rings. The van der Waals surface area contributed by atoms with Crippen LogP contribution in [-0.2, 0) is 17.9 Å². The molecular formula is C22H28N2O3. The van der Waals surface area contributed by atoms with Gasteiger partial charge in [-0.3, -0.25) is 9.78 Å². The molecule has 0 spiro atoms. The summed E-state index contributed by atoms with van der Waals surface area (Å²) in [6, 6.07) is 9.60. The molecule has 3 rings (SSSR count). The lowest BCUT2D eigenvalue weighted by Gasteiger charge is -2.13. The first-order valence-electron chi connectivity index (χ1n) is 9.70. The highest BCUT2D eigenvalue weighted by atomic mass is 16.5. The molecule has 5 nitrogen and oxygen atoms in total. The van der Waals surface area contributed by atoms with E-state index >= 15 is 0 Å². The highest BCUT2D eigenvalue weighted by Crippen LogP contribution is 2.29. The van der Waals surface area contributed by atoms with Gasteiger partial charge in [-0.25, -0.2) is 0 Å². The molecule has 1 N–H and O–H groups in total. The second-order valence-corrected chi connectivity index (χ2v) is 7.10. The van der Waals surface area contributed by atoms with Crippen molar-refractivity contribution in [2.24, 2.45) is 5.92 Å². The maximum absolute atomic E-state index is 12.1. The second-order valence-electron chi connectivity index (χ2n) is 7.10. The minimum atomic E-state index is 0.123. The number of rotatable bonds is 9. The van der Waals surface area contributed by atoms with E-state index in [0.29, 0.717) is 31.1 Å². The molecule has 0 atom stereocenters. The summed E-state index contributed by atoms with van der Waals surface area (Å²) in [4.78, 5) is 16.2. The Balaban J connectivity index is 1.48. The van der Waals surface area contributed by atoms with Crippen LogP contribution in [0.15, 0.2) is 42.7 Å². The van der Waals surface area contributed by atoms with Gasteiger partial charge in [0.05, 0.1) is 7.11 Å². The zero-order valence-corrected chi connectivity index (χ0v) is 15.9. The Hall–Kier alpha value is -2.56. The molecule has 0 aliphatic heterocycles. The van der Waals surface area contributed by atoms with Gasteiger partial charge in [-0.2, -0.15) is 0 Å². The minimum Gasteiger partial charge on any atom is -0.493 e. The average molecular weight is 368 g/mol. The van der Waals surface area contributed by atoms with Crippen molar-refractivity contribution in [2.45, 2.75) is 51.7 Å². The van der Waals surface area contributed by atoms with Crippen LogP contribution in [0.1, 0.15) is 49.7 Å². The van der Waals surface area contributed by atoms with Gasteiger partial charge in [-0.1, -0.05) is 37.8 Å². The molecule has 144 valence electrons. The third kappa shape index (κ3) is 5.98. The minimum absolute atomic E-state index is 0.123. The van der Waals surface area contributed by atoms with Gasteiger partial charge < -0.3 is 14.8 Å². The number of hydrogen-bond donors (Lipinski definition) is 1. The summed E-state index contributed by atoms with van der Waals surface area (Å²) in [5.41, 5.74) is 1.99. The monoisotopic (exact) mass is 368 g/mol. The lowest BCUT2D eigenvalue weighted by atomic mass is 10.0. The van der Waals surface area contributed by atoms with Gasteiger partial charge in [0.25, 0.3) is 0 Å². The number of methoxy groups -OCH3 is 1. The number of aromatic nitrogens is 1. The van der Waals surface area contributed by atoms with E-state index in [1.54, 1.807) is 19.5 Å². The number of nitrogens with zero attached hydrogens (tertiary/aromatic N) is 1. The Morgan fingerprint density at radius 1 is 1.19 bits per heavy atom. The summed E-state index contributed by atoms with van der Waals surface area (Å²) in [5.74, 6) is 2.21. The van der Waals surface area contributed by atoms with Crippen LogP contribution in [0.5, 0.6) is 11.5 Å². The lowest BCUT2D eigenvalue weighted by Crippen LogP contribution is -2.23. The van der Waals surface area contributed by atoms with E-state index in [1.807, 2.05) is 30.3 Å². The maximum atomic E-state index is 12.1. The summed E-state index contributed by atoms with van der Waals surface area (Å²) in [7, 11) is 1.62. The fourth-order valence-corrected chi connectivity index (χ4v) is 3.51. The molecule has 0 unspecified atom stereocenters. The Kier molecular flexibility index (Phi) is 7.08. The highest BCUT2D eigenvalue weighted by molar-refractivity contribution is 5.75. The predicted molar refractivity (Wildman–Crippen MR) is 105 cm³/mol. The Bertz CT molecular complexity index is 728. The van der Waals surface area contributed by atoms with Gasteiger partial charge in [0.2, 0.25) is 5.91 Å². The van der Waals surface area contributed by atoms with Crippen LogP contribution in [0, 0.1) is 5.92 Å². The van der Waals surface area contributed by atoms with Gasteiger partial charge in [-0.15, -0.1) is 0 Å². The predicted octanol–water partition coefficient (Wildman–Crippen LogP) is 4.26. The number of benzene rings is 1. The SMILES string of the molecule is COc1cc(CNC(=O)CCC2CCCC2)ccc1OCc1cccnc1. The maximum Gasteiger partial charge on any atom is 0.220 e. The van der Waals surface area contributed by atoms with Crippen molar-refractivity contribution < 1.29 is 14.3 Å². The number of pyridine rings is 1. The molecule has 0 bridgehead atoms. The third-order valence-electron chi connectivity index (χ3n) is 5.09. The van der Waals surface area contributed by atoms with Crippen LogP contribution in [0.3, 0.4) is 0 Å². The van der Waals surface area contributed by atoms with Crippen LogP contribution in [0.25, 0.3) is 0 Å². The number of ether oxygens (including phenoxy) is 2. The van der Waals surface area contributed by atoms with Crippen LogP contribution in [0.4, 0.5) is 0 Å². The zero-order chi connectivity index (χ0) is 18.9. The first kappa shape index (κ1) is 19.2. The zero-order valence-electron chi connectivity index (χ0n) is 15.9. The molecule has 1 aliphatic carbocycles. The Labute approximate surface area is 161 Å². The van der Waals surface area contributed by atoms with E-state index in [1.165, 1.54) is 25.7 Å². The number of amides is 1. The molecule has 27 heavy (non-hydrogen) atoms. The second kappa shape index (κ2) is 9.95. The standard InChI is InChI=1S/C22H28N2O3/c1-26-21-13-18(15-24-22(25)11-9-17-5-2-3-6-17)8-10-20(21)27-16-19-7-4-12-23-14-19/h4,7-8,10,12-14,17H,2-3,5-6,9,11,15-16H2,1H3,(H,24,25). The summed E-state index contributed by atoms with van der Waals surface area (Å²) >= 11 is 0. The van der Waals surface area contributed by atoms with E-state index in [-0.39, 0.29) is 5.91 Å². The van der Waals surface area contributed by atoms with Crippen molar-refractivity contribution in [3.63, 3.8) is 0 Å². The molecule has 1 heterocycles. The van der Waals surface area contributed by atoms with Crippen molar-refractivity contribution in [3.8, 4) is 11.5 Å². The fraction of sp³-hybridized carbons (Fsp3) is 0.455.